The molecule has 0 aliphatic carbocycles. The maximum atomic E-state index is 13.6. The molecule has 0 unspecified atom stereocenters. The van der Waals surface area contributed by atoms with E-state index in [2.05, 4.69) is 9.97 Å². The first-order valence-corrected chi connectivity index (χ1v) is 11.5. The van der Waals surface area contributed by atoms with Gasteiger partial charge in [-0.1, -0.05) is 23.2 Å². The van der Waals surface area contributed by atoms with Gasteiger partial charge in [-0.3, -0.25) is 9.78 Å². The van der Waals surface area contributed by atoms with Gasteiger partial charge in [-0.2, -0.15) is 4.98 Å². The second-order valence-electron chi connectivity index (χ2n) is 8.65. The van der Waals surface area contributed by atoms with Gasteiger partial charge in [-0.25, -0.2) is 0 Å². The van der Waals surface area contributed by atoms with Crippen molar-refractivity contribution in [3.8, 4) is 0 Å². The minimum Gasteiger partial charge on any atom is -0.423 e. The number of fused-ring (bicyclic) bond motifs is 2. The molecule has 1 aromatic carbocycles. The topological polar surface area (TPSA) is 94.5 Å². The van der Waals surface area contributed by atoms with E-state index in [4.69, 9.17) is 38.1 Å². The maximum absolute atomic E-state index is 13.6. The molecule has 5 rings (SSSR count). The van der Waals surface area contributed by atoms with E-state index in [9.17, 15) is 4.79 Å². The van der Waals surface area contributed by atoms with Crippen molar-refractivity contribution in [3.05, 3.63) is 51.3 Å². The van der Waals surface area contributed by atoms with Crippen molar-refractivity contribution < 1.29 is 13.9 Å². The fourth-order valence-electron chi connectivity index (χ4n) is 5.13. The number of carbonyl (C=O) groups is 1. The van der Waals surface area contributed by atoms with Crippen molar-refractivity contribution in [1.29, 1.82) is 0 Å². The van der Waals surface area contributed by atoms with Gasteiger partial charge in [0.25, 0.3) is 11.9 Å². The number of halogens is 2. The molecule has 1 saturated heterocycles. The van der Waals surface area contributed by atoms with Gasteiger partial charge in [0.1, 0.15) is 11.6 Å². The van der Waals surface area contributed by atoms with Crippen LogP contribution in [0.15, 0.2) is 28.9 Å². The summed E-state index contributed by atoms with van der Waals surface area (Å²) in [7, 11) is 0. The molecule has 4 heterocycles. The van der Waals surface area contributed by atoms with E-state index in [0.717, 1.165) is 23.1 Å². The molecule has 9 heteroatoms. The zero-order valence-corrected chi connectivity index (χ0v) is 19.4. The van der Waals surface area contributed by atoms with Crippen molar-refractivity contribution in [3.63, 3.8) is 0 Å². The minimum atomic E-state index is -0.561. The number of hydrogen-bond donors (Lipinski definition) is 1. The fourth-order valence-corrected chi connectivity index (χ4v) is 5.82. The molecule has 7 nitrogen and oxygen atoms in total. The number of pyridine rings is 1. The van der Waals surface area contributed by atoms with Crippen molar-refractivity contribution in [2.75, 3.05) is 12.3 Å². The molecule has 1 fully saturated rings. The van der Waals surface area contributed by atoms with Crippen molar-refractivity contribution in [2.24, 2.45) is 0 Å². The van der Waals surface area contributed by atoms with Crippen LogP contribution in [0, 0.1) is 0 Å². The lowest BCUT2D eigenvalue weighted by atomic mass is 9.85. The van der Waals surface area contributed by atoms with Crippen molar-refractivity contribution >= 4 is 46.2 Å². The average Bonchev–Trinajstić information content (AvgIpc) is 3.12. The van der Waals surface area contributed by atoms with Gasteiger partial charge >= 0.3 is 0 Å². The number of amides is 1. The SMILES string of the molecule is C[C@H]1C[C@H](c2cncc3nc(N)oc23)C[C@H](C(=O)N2CCc3cc(Cl)cc(Cl)c3[C@@H]2C)O1. The first-order valence-electron chi connectivity index (χ1n) is 10.8. The van der Waals surface area contributed by atoms with Gasteiger partial charge in [0, 0.05) is 28.4 Å². The highest BCUT2D eigenvalue weighted by Gasteiger charge is 2.39. The van der Waals surface area contributed by atoms with Crippen LogP contribution < -0.4 is 5.73 Å². The second-order valence-corrected chi connectivity index (χ2v) is 9.49. The van der Waals surface area contributed by atoms with Gasteiger partial charge in [-0.05, 0) is 62.3 Å². The van der Waals surface area contributed by atoms with E-state index in [-0.39, 0.29) is 30.0 Å². The monoisotopic (exact) mass is 474 g/mol. The summed E-state index contributed by atoms with van der Waals surface area (Å²) in [5.41, 5.74) is 9.97. The molecule has 32 heavy (non-hydrogen) atoms. The third kappa shape index (κ3) is 3.72. The Kier molecular flexibility index (Phi) is 5.51. The largest absolute Gasteiger partial charge is 0.423 e. The molecule has 2 aliphatic rings. The molecule has 3 aromatic rings. The number of nitrogens with two attached hydrogens (primary N) is 1. The van der Waals surface area contributed by atoms with E-state index in [1.54, 1.807) is 18.5 Å². The molecule has 2 aliphatic heterocycles. The Labute approximate surface area is 195 Å². The van der Waals surface area contributed by atoms with Crippen LogP contribution in [-0.4, -0.2) is 39.5 Å². The molecular weight excluding hydrogens is 451 g/mol. The predicted molar refractivity (Wildman–Crippen MR) is 123 cm³/mol. The number of anilines is 1. The fraction of sp³-hybridized carbons (Fsp3) is 0.435. The first kappa shape index (κ1) is 21.5. The van der Waals surface area contributed by atoms with Crippen LogP contribution >= 0.6 is 23.2 Å². The third-order valence-corrected chi connectivity index (χ3v) is 7.07. The number of benzene rings is 1. The summed E-state index contributed by atoms with van der Waals surface area (Å²) in [5, 5.41) is 1.21. The number of carbonyl (C=O) groups excluding carboxylic acids is 1. The molecule has 0 spiro atoms. The van der Waals surface area contributed by atoms with Gasteiger partial charge in [-0.15, -0.1) is 0 Å². The Morgan fingerprint density at radius 3 is 2.84 bits per heavy atom. The summed E-state index contributed by atoms with van der Waals surface area (Å²) in [6.45, 7) is 4.59. The zero-order chi connectivity index (χ0) is 22.6. The second kappa shape index (κ2) is 8.21. The minimum absolute atomic E-state index is 0.0251. The standard InChI is InChI=1S/C23H24Cl2N4O3/c1-11-5-14(16-9-27-10-18-21(16)32-23(26)28-18)7-19(31-11)22(30)29-4-3-13-6-15(24)8-17(25)20(13)12(29)2/h6,8-12,14,19H,3-5,7H2,1-2H3,(H2,26,28)/t11-,12-,14-,19+/m0/s1. The lowest BCUT2D eigenvalue weighted by Gasteiger charge is -2.40. The van der Waals surface area contributed by atoms with Gasteiger partial charge in [0.15, 0.2) is 5.58 Å². The molecule has 0 bridgehead atoms. The zero-order valence-electron chi connectivity index (χ0n) is 17.8. The van der Waals surface area contributed by atoms with Crippen LogP contribution in [0.2, 0.25) is 10.0 Å². The lowest BCUT2D eigenvalue weighted by molar-refractivity contribution is -0.155. The molecule has 0 radical (unpaired) electrons. The summed E-state index contributed by atoms with van der Waals surface area (Å²) in [6, 6.07) is 3.63. The van der Waals surface area contributed by atoms with Crippen LogP contribution in [0.3, 0.4) is 0 Å². The lowest BCUT2D eigenvalue weighted by Crippen LogP contribution is -2.48. The Bertz CT molecular complexity index is 1200. The molecule has 2 aromatic heterocycles. The number of hydrogen-bond acceptors (Lipinski definition) is 6. The molecular formula is C23H24Cl2N4O3. The van der Waals surface area contributed by atoms with Crippen LogP contribution in [-0.2, 0) is 16.0 Å². The maximum Gasteiger partial charge on any atom is 0.293 e. The van der Waals surface area contributed by atoms with E-state index >= 15 is 0 Å². The summed E-state index contributed by atoms with van der Waals surface area (Å²) in [5.74, 6) is 0.0222. The third-order valence-electron chi connectivity index (χ3n) is 6.54. The van der Waals surface area contributed by atoms with E-state index in [1.165, 1.54) is 0 Å². The van der Waals surface area contributed by atoms with Crippen LogP contribution in [0.1, 0.15) is 55.3 Å². The van der Waals surface area contributed by atoms with Crippen LogP contribution in [0.4, 0.5) is 6.01 Å². The number of ether oxygens (including phenoxy) is 1. The van der Waals surface area contributed by atoms with E-state index in [0.29, 0.717) is 40.5 Å². The number of nitrogens with zero attached hydrogens (tertiary/aromatic N) is 3. The smallest absolute Gasteiger partial charge is 0.293 e. The van der Waals surface area contributed by atoms with Gasteiger partial charge in [0.2, 0.25) is 0 Å². The Morgan fingerprint density at radius 2 is 2.03 bits per heavy atom. The molecule has 0 saturated carbocycles. The summed E-state index contributed by atoms with van der Waals surface area (Å²) < 4.78 is 11.8. The number of aromatic nitrogens is 2. The summed E-state index contributed by atoms with van der Waals surface area (Å²) in [6.07, 6.45) is 4.76. The van der Waals surface area contributed by atoms with Crippen LogP contribution in [0.5, 0.6) is 0 Å². The molecule has 1 amide bonds. The number of rotatable bonds is 2. The highest BCUT2D eigenvalue weighted by Crippen LogP contribution is 2.40. The highest BCUT2D eigenvalue weighted by atomic mass is 35.5. The highest BCUT2D eigenvalue weighted by molar-refractivity contribution is 6.35. The first-order chi connectivity index (χ1) is 15.3. The molecule has 2 N–H and O–H groups in total. The molecule has 4 atom stereocenters. The van der Waals surface area contributed by atoms with Crippen molar-refractivity contribution in [2.45, 2.75) is 57.3 Å². The Morgan fingerprint density at radius 1 is 1.22 bits per heavy atom. The van der Waals surface area contributed by atoms with Crippen LogP contribution in [0.25, 0.3) is 11.1 Å². The van der Waals surface area contributed by atoms with E-state index in [1.807, 2.05) is 24.8 Å². The van der Waals surface area contributed by atoms with Gasteiger partial charge < -0.3 is 19.8 Å². The Hall–Kier alpha value is -2.35. The number of oxazole rings is 1. The quantitative estimate of drug-likeness (QED) is 0.566. The van der Waals surface area contributed by atoms with E-state index < -0.39 is 6.10 Å². The summed E-state index contributed by atoms with van der Waals surface area (Å²) >= 11 is 12.7. The normalized spacial score (nSPS) is 25.7. The number of nitrogen functional groups attached to an aromatic ring is 1. The molecule has 168 valence electrons. The average molecular weight is 475 g/mol. The Balaban J connectivity index is 1.41. The summed E-state index contributed by atoms with van der Waals surface area (Å²) in [4.78, 5) is 24.0. The van der Waals surface area contributed by atoms with Gasteiger partial charge in [0.05, 0.1) is 18.3 Å². The predicted octanol–water partition coefficient (Wildman–Crippen LogP) is 4.91. The van der Waals surface area contributed by atoms with Crippen molar-refractivity contribution in [1.82, 2.24) is 14.9 Å².